The van der Waals surface area contributed by atoms with Gasteiger partial charge in [-0.3, -0.25) is 0 Å². The van der Waals surface area contributed by atoms with E-state index in [1.807, 2.05) is 0 Å². The van der Waals surface area contributed by atoms with Crippen LogP contribution in [0.2, 0.25) is 5.02 Å². The van der Waals surface area contributed by atoms with E-state index in [4.69, 9.17) is 17.3 Å². The van der Waals surface area contributed by atoms with Crippen LogP contribution in [0.15, 0.2) is 18.2 Å². The van der Waals surface area contributed by atoms with Crippen LogP contribution >= 0.6 is 11.6 Å². The predicted molar refractivity (Wildman–Crippen MR) is 56.7 cm³/mol. The Labute approximate surface area is 92.0 Å². The molecule has 2 rings (SSSR count). The molecule has 0 aromatic heterocycles. The van der Waals surface area contributed by atoms with Gasteiger partial charge in [-0.25, -0.2) is 4.79 Å². The molecule has 1 aromatic carbocycles. The SMILES string of the molecule is NC(=O)NC1(c2ccc(O)cc2Cl)CC1. The number of amides is 2. The number of nitrogens with one attached hydrogen (secondary N) is 1. The molecular formula is C10H11ClN2O2. The van der Waals surface area contributed by atoms with Gasteiger partial charge in [0.1, 0.15) is 5.75 Å². The number of aromatic hydroxyl groups is 1. The summed E-state index contributed by atoms with van der Waals surface area (Å²) in [6, 6.07) is 4.15. The number of phenols is 1. The van der Waals surface area contributed by atoms with Crippen molar-refractivity contribution in [3.63, 3.8) is 0 Å². The number of nitrogens with two attached hydrogens (primary N) is 1. The summed E-state index contributed by atoms with van der Waals surface area (Å²) in [6.07, 6.45) is 1.64. The summed E-state index contributed by atoms with van der Waals surface area (Å²) in [5.41, 5.74) is 5.48. The van der Waals surface area contributed by atoms with Crippen LogP contribution in [0.3, 0.4) is 0 Å². The Morgan fingerprint density at radius 3 is 2.67 bits per heavy atom. The molecular weight excluding hydrogens is 216 g/mol. The van der Waals surface area contributed by atoms with E-state index in [0.29, 0.717) is 5.02 Å². The maximum Gasteiger partial charge on any atom is 0.312 e. The molecule has 5 heteroatoms. The average molecular weight is 227 g/mol. The molecule has 0 radical (unpaired) electrons. The lowest BCUT2D eigenvalue weighted by atomic mass is 10.0. The van der Waals surface area contributed by atoms with Crippen molar-refractivity contribution in [2.45, 2.75) is 18.4 Å². The first-order chi connectivity index (χ1) is 7.03. The lowest BCUT2D eigenvalue weighted by Gasteiger charge is -2.17. The van der Waals surface area contributed by atoms with Crippen LogP contribution in [0.5, 0.6) is 5.75 Å². The van der Waals surface area contributed by atoms with Gasteiger partial charge in [0.2, 0.25) is 0 Å². The zero-order valence-corrected chi connectivity index (χ0v) is 8.71. The number of hydrogen-bond acceptors (Lipinski definition) is 2. The number of halogens is 1. The summed E-state index contributed by atoms with van der Waals surface area (Å²) in [5.74, 6) is 0.110. The molecule has 0 unspecified atom stereocenters. The third kappa shape index (κ3) is 1.85. The Bertz CT molecular complexity index is 416. The molecule has 1 fully saturated rings. The van der Waals surface area contributed by atoms with Gasteiger partial charge in [0.25, 0.3) is 0 Å². The lowest BCUT2D eigenvalue weighted by molar-refractivity contribution is 0.244. The first-order valence-corrected chi connectivity index (χ1v) is 4.98. The minimum atomic E-state index is -0.559. The van der Waals surface area contributed by atoms with Crippen molar-refractivity contribution in [2.75, 3.05) is 0 Å². The van der Waals surface area contributed by atoms with Crippen molar-refractivity contribution in [3.05, 3.63) is 28.8 Å². The summed E-state index contributed by atoms with van der Waals surface area (Å²) < 4.78 is 0. The van der Waals surface area contributed by atoms with Crippen LogP contribution in [-0.2, 0) is 5.54 Å². The van der Waals surface area contributed by atoms with Gasteiger partial charge in [-0.05, 0) is 30.5 Å². The highest BCUT2D eigenvalue weighted by Crippen LogP contribution is 2.48. The molecule has 4 nitrogen and oxygen atoms in total. The number of carbonyl (C=O) groups excluding carboxylic acids is 1. The minimum Gasteiger partial charge on any atom is -0.508 e. The van der Waals surface area contributed by atoms with Crippen molar-refractivity contribution in [1.29, 1.82) is 0 Å². The Balaban J connectivity index is 2.33. The average Bonchev–Trinajstić information content (AvgIpc) is 2.83. The minimum absolute atomic E-state index is 0.110. The van der Waals surface area contributed by atoms with Crippen molar-refractivity contribution in [2.24, 2.45) is 5.73 Å². The van der Waals surface area contributed by atoms with Crippen LogP contribution in [0.4, 0.5) is 4.79 Å². The molecule has 1 aliphatic carbocycles. The predicted octanol–water partition coefficient (Wildman–Crippen LogP) is 1.70. The van der Waals surface area contributed by atoms with Crippen LogP contribution in [0, 0.1) is 0 Å². The summed E-state index contributed by atoms with van der Waals surface area (Å²) >= 11 is 5.99. The summed E-state index contributed by atoms with van der Waals surface area (Å²) in [5, 5.41) is 12.3. The molecule has 1 saturated carbocycles. The van der Waals surface area contributed by atoms with Gasteiger partial charge >= 0.3 is 6.03 Å². The van der Waals surface area contributed by atoms with E-state index in [2.05, 4.69) is 5.32 Å². The number of rotatable bonds is 2. The molecule has 0 aliphatic heterocycles. The second kappa shape index (κ2) is 3.31. The molecule has 80 valence electrons. The normalized spacial score (nSPS) is 17.1. The fraction of sp³-hybridized carbons (Fsp3) is 0.300. The Kier molecular flexibility index (Phi) is 2.23. The standard InChI is InChI=1S/C10H11ClN2O2/c11-8-5-6(14)1-2-7(8)10(3-4-10)13-9(12)15/h1-2,5,14H,3-4H2,(H3,12,13,15). The van der Waals surface area contributed by atoms with E-state index in [1.165, 1.54) is 6.07 Å². The largest absolute Gasteiger partial charge is 0.508 e. The summed E-state index contributed by atoms with van der Waals surface area (Å²) in [7, 11) is 0. The van der Waals surface area contributed by atoms with E-state index in [1.54, 1.807) is 12.1 Å². The van der Waals surface area contributed by atoms with Crippen molar-refractivity contribution in [3.8, 4) is 5.75 Å². The van der Waals surface area contributed by atoms with Crippen molar-refractivity contribution >= 4 is 17.6 Å². The number of primary amides is 1. The first kappa shape index (κ1) is 10.1. The molecule has 0 bridgehead atoms. The second-order valence-corrected chi connectivity index (χ2v) is 4.14. The Morgan fingerprint density at radius 2 is 2.20 bits per heavy atom. The highest BCUT2D eigenvalue weighted by molar-refractivity contribution is 6.31. The van der Waals surface area contributed by atoms with Gasteiger partial charge in [-0.2, -0.15) is 0 Å². The molecule has 0 heterocycles. The fourth-order valence-electron chi connectivity index (χ4n) is 1.71. The molecule has 0 saturated heterocycles. The van der Waals surface area contributed by atoms with Crippen LogP contribution in [-0.4, -0.2) is 11.1 Å². The molecule has 1 aliphatic rings. The van der Waals surface area contributed by atoms with E-state index in [-0.39, 0.29) is 5.75 Å². The van der Waals surface area contributed by atoms with Gasteiger partial charge < -0.3 is 16.2 Å². The Hall–Kier alpha value is -1.42. The smallest absolute Gasteiger partial charge is 0.312 e. The van der Waals surface area contributed by atoms with Gasteiger partial charge in [0.15, 0.2) is 0 Å². The molecule has 1 aromatic rings. The van der Waals surface area contributed by atoms with Crippen molar-refractivity contribution < 1.29 is 9.90 Å². The second-order valence-electron chi connectivity index (χ2n) is 3.74. The highest BCUT2D eigenvalue weighted by Gasteiger charge is 2.46. The van der Waals surface area contributed by atoms with Crippen LogP contribution in [0.1, 0.15) is 18.4 Å². The number of urea groups is 1. The van der Waals surface area contributed by atoms with Gasteiger partial charge in [-0.1, -0.05) is 17.7 Å². The zero-order chi connectivity index (χ0) is 11.1. The van der Waals surface area contributed by atoms with Gasteiger partial charge in [-0.15, -0.1) is 0 Å². The molecule has 15 heavy (non-hydrogen) atoms. The Morgan fingerprint density at radius 1 is 1.53 bits per heavy atom. The van der Waals surface area contributed by atoms with Gasteiger partial charge in [0, 0.05) is 5.02 Å². The summed E-state index contributed by atoms with van der Waals surface area (Å²) in [6.45, 7) is 0. The number of benzene rings is 1. The zero-order valence-electron chi connectivity index (χ0n) is 7.96. The molecule has 4 N–H and O–H groups in total. The highest BCUT2D eigenvalue weighted by atomic mass is 35.5. The van der Waals surface area contributed by atoms with Crippen LogP contribution in [0.25, 0.3) is 0 Å². The van der Waals surface area contributed by atoms with Gasteiger partial charge in [0.05, 0.1) is 5.54 Å². The van der Waals surface area contributed by atoms with E-state index < -0.39 is 11.6 Å². The number of hydrogen-bond donors (Lipinski definition) is 3. The lowest BCUT2D eigenvalue weighted by Crippen LogP contribution is -2.38. The third-order valence-corrected chi connectivity index (χ3v) is 2.89. The van der Waals surface area contributed by atoms with E-state index in [0.717, 1.165) is 18.4 Å². The summed E-state index contributed by atoms with van der Waals surface area (Å²) in [4.78, 5) is 10.8. The maximum atomic E-state index is 10.8. The number of phenolic OH excluding ortho intramolecular Hbond substituents is 1. The fourth-order valence-corrected chi connectivity index (χ4v) is 2.07. The number of carbonyl (C=O) groups is 1. The monoisotopic (exact) mass is 226 g/mol. The quantitative estimate of drug-likeness (QED) is 0.718. The first-order valence-electron chi connectivity index (χ1n) is 4.60. The van der Waals surface area contributed by atoms with Crippen molar-refractivity contribution in [1.82, 2.24) is 5.32 Å². The third-order valence-electron chi connectivity index (χ3n) is 2.58. The topological polar surface area (TPSA) is 75.4 Å². The molecule has 2 amide bonds. The maximum absolute atomic E-state index is 10.8. The van der Waals surface area contributed by atoms with E-state index in [9.17, 15) is 9.90 Å². The van der Waals surface area contributed by atoms with E-state index >= 15 is 0 Å². The van der Waals surface area contributed by atoms with Crippen LogP contribution < -0.4 is 11.1 Å². The molecule has 0 spiro atoms. The molecule has 0 atom stereocenters.